The van der Waals surface area contributed by atoms with Gasteiger partial charge in [0.05, 0.1) is 5.69 Å². The van der Waals surface area contributed by atoms with Crippen LogP contribution in [0.4, 0.5) is 0 Å². The Labute approximate surface area is 200 Å². The van der Waals surface area contributed by atoms with Gasteiger partial charge in [0.25, 0.3) is 0 Å². The Balaban J connectivity index is 0.000000164. The van der Waals surface area contributed by atoms with Crippen LogP contribution in [-0.2, 0) is 21.1 Å². The predicted octanol–water partition coefficient (Wildman–Crippen LogP) is 5.95. The van der Waals surface area contributed by atoms with E-state index in [4.69, 9.17) is 0 Å². The molecule has 3 aromatic carbocycles. The van der Waals surface area contributed by atoms with Crippen molar-refractivity contribution in [2.24, 2.45) is 0 Å². The zero-order valence-corrected chi connectivity index (χ0v) is 19.3. The first-order valence-electron chi connectivity index (χ1n) is 9.99. The molecule has 0 radical (unpaired) electrons. The molecule has 0 N–H and O–H groups in total. The van der Waals surface area contributed by atoms with Crippen molar-refractivity contribution in [2.45, 2.75) is 0 Å². The summed E-state index contributed by atoms with van der Waals surface area (Å²) in [6.07, 6.45) is 3.54. The van der Waals surface area contributed by atoms with Crippen LogP contribution in [0.5, 0.6) is 0 Å². The number of fused-ring (bicyclic) bond motifs is 2. The predicted molar refractivity (Wildman–Crippen MR) is 124 cm³/mol. The molecule has 3 heterocycles. The second kappa shape index (κ2) is 10.1. The Morgan fingerprint density at radius 3 is 1.97 bits per heavy atom. The molecule has 0 saturated carbocycles. The second-order valence-electron chi connectivity index (χ2n) is 6.94. The van der Waals surface area contributed by atoms with E-state index in [-0.39, 0.29) is 21.1 Å². The molecular formula is C27H18N4Pt. The third-order valence-corrected chi connectivity index (χ3v) is 4.84. The zero-order chi connectivity index (χ0) is 20.9. The summed E-state index contributed by atoms with van der Waals surface area (Å²) in [6, 6.07) is 35.0. The molecule has 4 nitrogen and oxygen atoms in total. The summed E-state index contributed by atoms with van der Waals surface area (Å²) in [7, 11) is 0. The van der Waals surface area contributed by atoms with E-state index in [0.29, 0.717) is 5.82 Å². The standard InChI is InChI=1S/C16H10N3.C11H8N.Pt/c1-2-6-12-10-15-14(9-11(12)5-1)18-16(19-15)13-7-3-4-8-17-13;1-2-6-10(7-3-1)11-8-4-5-9-12-11;/h1-10H;1-6,8-9H;/q2*-1;+2. The average molecular weight is 594 g/mol. The monoisotopic (exact) mass is 593 g/mol. The van der Waals surface area contributed by atoms with Gasteiger partial charge >= 0.3 is 21.1 Å². The molecule has 0 spiro atoms. The van der Waals surface area contributed by atoms with Gasteiger partial charge in [-0.25, -0.2) is 0 Å². The normalized spacial score (nSPS) is 10.2. The Morgan fingerprint density at radius 2 is 1.31 bits per heavy atom. The Bertz CT molecular complexity index is 1330. The Hall–Kier alpha value is -3.62. The Morgan fingerprint density at radius 1 is 0.656 bits per heavy atom. The SMILES string of the molecule is [Pt+2].[c-]1ccccc1-c1ccccn1.c1ccc(-c2nc3cc4ccccc4cc3[n-]2)nc1. The van der Waals surface area contributed by atoms with Gasteiger partial charge in [-0.05, 0) is 51.5 Å². The van der Waals surface area contributed by atoms with Crippen LogP contribution in [0.25, 0.3) is 44.6 Å². The number of aromatic nitrogens is 4. The van der Waals surface area contributed by atoms with E-state index < -0.39 is 0 Å². The number of pyridine rings is 2. The molecule has 0 bridgehead atoms. The van der Waals surface area contributed by atoms with Gasteiger partial charge in [0.2, 0.25) is 0 Å². The van der Waals surface area contributed by atoms with E-state index in [2.05, 4.69) is 50.3 Å². The number of imidazole rings is 1. The molecule has 0 saturated heterocycles. The van der Waals surface area contributed by atoms with Crippen LogP contribution in [0.2, 0.25) is 0 Å². The maximum Gasteiger partial charge on any atom is 2.00 e. The summed E-state index contributed by atoms with van der Waals surface area (Å²) in [6.45, 7) is 0. The van der Waals surface area contributed by atoms with Crippen LogP contribution in [0, 0.1) is 6.07 Å². The minimum Gasteiger partial charge on any atom is -0.434 e. The van der Waals surface area contributed by atoms with Crippen molar-refractivity contribution in [1.82, 2.24) is 19.9 Å². The second-order valence-corrected chi connectivity index (χ2v) is 6.94. The molecule has 0 unspecified atom stereocenters. The van der Waals surface area contributed by atoms with Gasteiger partial charge in [-0.1, -0.05) is 54.6 Å². The molecule has 156 valence electrons. The van der Waals surface area contributed by atoms with Crippen molar-refractivity contribution in [2.75, 3.05) is 0 Å². The first kappa shape index (κ1) is 21.6. The summed E-state index contributed by atoms with van der Waals surface area (Å²) >= 11 is 0. The molecule has 6 aromatic rings. The van der Waals surface area contributed by atoms with Gasteiger partial charge in [-0.3, -0.25) is 4.98 Å². The molecule has 0 aliphatic rings. The van der Waals surface area contributed by atoms with E-state index in [1.807, 2.05) is 72.8 Å². The maximum atomic E-state index is 4.56. The van der Waals surface area contributed by atoms with Crippen LogP contribution in [0.3, 0.4) is 0 Å². The quantitative estimate of drug-likeness (QED) is 0.233. The van der Waals surface area contributed by atoms with Crippen molar-refractivity contribution < 1.29 is 21.1 Å². The molecule has 3 aromatic heterocycles. The fourth-order valence-electron chi connectivity index (χ4n) is 3.33. The molecule has 0 aliphatic carbocycles. The molecule has 0 fully saturated rings. The van der Waals surface area contributed by atoms with Crippen molar-refractivity contribution in [1.29, 1.82) is 0 Å². The summed E-state index contributed by atoms with van der Waals surface area (Å²) in [5.41, 5.74) is 4.65. The van der Waals surface area contributed by atoms with Gasteiger partial charge < -0.3 is 15.0 Å². The van der Waals surface area contributed by atoms with E-state index in [1.54, 1.807) is 12.4 Å². The molecule has 32 heavy (non-hydrogen) atoms. The fraction of sp³-hybridized carbons (Fsp3) is 0. The minimum absolute atomic E-state index is 0. The van der Waals surface area contributed by atoms with Gasteiger partial charge in [-0.15, -0.1) is 35.9 Å². The van der Waals surface area contributed by atoms with E-state index in [1.165, 1.54) is 10.8 Å². The smallest absolute Gasteiger partial charge is 0.434 e. The largest absolute Gasteiger partial charge is 2.00 e. The summed E-state index contributed by atoms with van der Waals surface area (Å²) < 4.78 is 0. The molecule has 0 amide bonds. The van der Waals surface area contributed by atoms with E-state index in [0.717, 1.165) is 28.0 Å². The molecule has 6 rings (SSSR count). The fourth-order valence-corrected chi connectivity index (χ4v) is 3.33. The molecule has 5 heteroatoms. The van der Waals surface area contributed by atoms with Gasteiger partial charge in [0.1, 0.15) is 0 Å². The molecule has 0 atom stereocenters. The summed E-state index contributed by atoms with van der Waals surface area (Å²) in [4.78, 5) is 17.6. The van der Waals surface area contributed by atoms with Crippen molar-refractivity contribution in [3.63, 3.8) is 0 Å². The summed E-state index contributed by atoms with van der Waals surface area (Å²) in [5.74, 6) is 0.686. The maximum absolute atomic E-state index is 4.56. The Kier molecular flexibility index (Phi) is 6.84. The number of nitrogens with zero attached hydrogens (tertiary/aromatic N) is 4. The zero-order valence-electron chi connectivity index (χ0n) is 17.0. The van der Waals surface area contributed by atoms with Crippen molar-refractivity contribution >= 4 is 21.8 Å². The van der Waals surface area contributed by atoms with Gasteiger partial charge in [0.15, 0.2) is 0 Å². The van der Waals surface area contributed by atoms with Crippen LogP contribution in [0.15, 0.2) is 109 Å². The number of hydrogen-bond donors (Lipinski definition) is 0. The topological polar surface area (TPSA) is 52.8 Å². The van der Waals surface area contributed by atoms with Gasteiger partial charge in [0, 0.05) is 12.4 Å². The van der Waals surface area contributed by atoms with Crippen molar-refractivity contribution in [3.8, 4) is 22.8 Å². The van der Waals surface area contributed by atoms with Crippen molar-refractivity contribution in [3.05, 3.63) is 116 Å². The van der Waals surface area contributed by atoms with Crippen LogP contribution < -0.4 is 4.98 Å². The van der Waals surface area contributed by atoms with Crippen LogP contribution in [0.1, 0.15) is 0 Å². The third kappa shape index (κ3) is 4.82. The van der Waals surface area contributed by atoms with E-state index in [9.17, 15) is 0 Å². The number of benzene rings is 3. The minimum atomic E-state index is 0. The molecule has 0 aliphatic heterocycles. The first-order valence-corrected chi connectivity index (χ1v) is 9.99. The van der Waals surface area contributed by atoms with Gasteiger partial charge in [-0.2, -0.15) is 0 Å². The van der Waals surface area contributed by atoms with Crippen LogP contribution in [-0.4, -0.2) is 15.0 Å². The first-order chi connectivity index (χ1) is 15.4. The van der Waals surface area contributed by atoms with Crippen LogP contribution >= 0.6 is 0 Å². The summed E-state index contributed by atoms with van der Waals surface area (Å²) in [5, 5.41) is 2.37. The average Bonchev–Trinajstić information content (AvgIpc) is 3.27. The number of hydrogen-bond acceptors (Lipinski definition) is 3. The third-order valence-electron chi connectivity index (χ3n) is 4.84. The number of rotatable bonds is 2. The molecular weight excluding hydrogens is 575 g/mol. The van der Waals surface area contributed by atoms with E-state index >= 15 is 0 Å².